The van der Waals surface area contributed by atoms with Crippen LogP contribution in [0.2, 0.25) is 0 Å². The topological polar surface area (TPSA) is 84.9 Å². The number of fused-ring (bicyclic) bond motifs is 1. The Balaban J connectivity index is 1.50. The highest BCUT2D eigenvalue weighted by atomic mass is 16.5. The van der Waals surface area contributed by atoms with E-state index in [-0.39, 0.29) is 30.7 Å². The fourth-order valence-corrected chi connectivity index (χ4v) is 3.26. The van der Waals surface area contributed by atoms with Gasteiger partial charge in [-0.1, -0.05) is 11.6 Å². The molecule has 3 amide bonds. The summed E-state index contributed by atoms with van der Waals surface area (Å²) >= 11 is 0. The Morgan fingerprint density at radius 1 is 0.966 bits per heavy atom. The molecule has 0 bridgehead atoms. The van der Waals surface area contributed by atoms with E-state index in [2.05, 4.69) is 5.32 Å². The summed E-state index contributed by atoms with van der Waals surface area (Å²) in [5.41, 5.74) is 2.65. The third-order valence-electron chi connectivity index (χ3n) is 4.81. The van der Waals surface area contributed by atoms with Crippen molar-refractivity contribution in [3.05, 3.63) is 58.7 Å². The Bertz CT molecular complexity index is 932. The number of hydrogen-bond acceptors (Lipinski definition) is 5. The summed E-state index contributed by atoms with van der Waals surface area (Å²) in [5.74, 6) is 0.551. The molecule has 0 saturated heterocycles. The molecule has 2 aromatic carbocycles. The van der Waals surface area contributed by atoms with E-state index in [1.54, 1.807) is 32.4 Å². The van der Waals surface area contributed by atoms with Gasteiger partial charge in [0.1, 0.15) is 11.5 Å². The van der Waals surface area contributed by atoms with Crippen molar-refractivity contribution in [3.8, 4) is 11.5 Å². The smallest absolute Gasteiger partial charge is 0.261 e. The standard InChI is InChI=1S/C22H24N2O5/c1-14-6-7-18-19(9-14)22(27)24(21(18)26)8-4-5-20(25)23-13-15-10-16(28-2)12-17(11-15)29-3/h6-7,9-12H,4-5,8,13H2,1-3H3,(H,23,25). The summed E-state index contributed by atoms with van der Waals surface area (Å²) < 4.78 is 10.4. The van der Waals surface area contributed by atoms with Crippen LogP contribution in [0, 0.1) is 6.92 Å². The molecule has 7 nitrogen and oxygen atoms in total. The molecular weight excluding hydrogens is 372 g/mol. The zero-order valence-corrected chi connectivity index (χ0v) is 16.8. The molecule has 2 aromatic rings. The van der Waals surface area contributed by atoms with Crippen molar-refractivity contribution in [1.82, 2.24) is 10.2 Å². The van der Waals surface area contributed by atoms with Gasteiger partial charge in [-0.2, -0.15) is 0 Å². The lowest BCUT2D eigenvalue weighted by molar-refractivity contribution is -0.121. The van der Waals surface area contributed by atoms with E-state index in [1.807, 2.05) is 25.1 Å². The second-order valence-electron chi connectivity index (χ2n) is 6.91. The maximum atomic E-state index is 12.4. The number of rotatable bonds is 8. The quantitative estimate of drug-likeness (QED) is 0.694. The number of nitrogens with one attached hydrogen (secondary N) is 1. The first-order chi connectivity index (χ1) is 13.9. The van der Waals surface area contributed by atoms with E-state index >= 15 is 0 Å². The fraction of sp³-hybridized carbons (Fsp3) is 0.318. The SMILES string of the molecule is COc1cc(CNC(=O)CCCN2C(=O)c3ccc(C)cc3C2=O)cc(OC)c1. The van der Waals surface area contributed by atoms with Gasteiger partial charge < -0.3 is 14.8 Å². The number of benzene rings is 2. The zero-order chi connectivity index (χ0) is 21.0. The van der Waals surface area contributed by atoms with Crippen molar-refractivity contribution in [3.63, 3.8) is 0 Å². The van der Waals surface area contributed by atoms with Gasteiger partial charge >= 0.3 is 0 Å². The monoisotopic (exact) mass is 396 g/mol. The van der Waals surface area contributed by atoms with E-state index in [1.165, 1.54) is 4.90 Å². The minimum absolute atomic E-state index is 0.153. The Morgan fingerprint density at radius 2 is 1.62 bits per heavy atom. The van der Waals surface area contributed by atoms with Crippen molar-refractivity contribution < 1.29 is 23.9 Å². The highest BCUT2D eigenvalue weighted by molar-refractivity contribution is 6.21. The molecule has 0 atom stereocenters. The number of methoxy groups -OCH3 is 2. The molecule has 0 radical (unpaired) electrons. The molecule has 152 valence electrons. The molecule has 1 aliphatic rings. The van der Waals surface area contributed by atoms with Crippen LogP contribution in [0.1, 0.15) is 44.7 Å². The third kappa shape index (κ3) is 4.56. The Morgan fingerprint density at radius 3 is 2.28 bits per heavy atom. The van der Waals surface area contributed by atoms with Crippen LogP contribution in [0.4, 0.5) is 0 Å². The number of imide groups is 1. The van der Waals surface area contributed by atoms with Crippen LogP contribution >= 0.6 is 0 Å². The zero-order valence-electron chi connectivity index (χ0n) is 16.8. The minimum atomic E-state index is -0.297. The number of carbonyl (C=O) groups excluding carboxylic acids is 3. The van der Waals surface area contributed by atoms with Gasteiger partial charge in [0.2, 0.25) is 5.91 Å². The number of aryl methyl sites for hydroxylation is 1. The van der Waals surface area contributed by atoms with Crippen LogP contribution in [-0.4, -0.2) is 43.4 Å². The second kappa shape index (κ2) is 8.77. The average Bonchev–Trinajstić information content (AvgIpc) is 2.96. The third-order valence-corrected chi connectivity index (χ3v) is 4.81. The Hall–Kier alpha value is -3.35. The summed E-state index contributed by atoms with van der Waals surface area (Å²) in [7, 11) is 3.13. The van der Waals surface area contributed by atoms with Crippen LogP contribution in [0.3, 0.4) is 0 Å². The van der Waals surface area contributed by atoms with Crippen LogP contribution in [-0.2, 0) is 11.3 Å². The first kappa shape index (κ1) is 20.4. The lowest BCUT2D eigenvalue weighted by Gasteiger charge is -2.13. The molecule has 1 heterocycles. The van der Waals surface area contributed by atoms with Crippen molar-refractivity contribution in [2.45, 2.75) is 26.3 Å². The minimum Gasteiger partial charge on any atom is -0.497 e. The van der Waals surface area contributed by atoms with Gasteiger partial charge in [-0.05, 0) is 43.2 Å². The first-order valence-electron chi connectivity index (χ1n) is 9.38. The highest BCUT2D eigenvalue weighted by Gasteiger charge is 2.34. The van der Waals surface area contributed by atoms with Crippen molar-refractivity contribution >= 4 is 17.7 Å². The molecule has 29 heavy (non-hydrogen) atoms. The number of carbonyl (C=O) groups is 3. The van der Waals surface area contributed by atoms with Gasteiger partial charge in [-0.15, -0.1) is 0 Å². The number of amides is 3. The Labute approximate surface area is 169 Å². The molecule has 3 rings (SSSR count). The average molecular weight is 396 g/mol. The van der Waals surface area contributed by atoms with Crippen LogP contribution in [0.15, 0.2) is 36.4 Å². The predicted molar refractivity (Wildman–Crippen MR) is 107 cm³/mol. The summed E-state index contributed by atoms with van der Waals surface area (Å²) in [6, 6.07) is 10.6. The molecule has 0 spiro atoms. The van der Waals surface area contributed by atoms with E-state index in [0.717, 1.165) is 11.1 Å². The molecule has 7 heteroatoms. The fourth-order valence-electron chi connectivity index (χ4n) is 3.26. The molecule has 0 aliphatic carbocycles. The molecular formula is C22H24N2O5. The maximum absolute atomic E-state index is 12.4. The molecule has 0 fully saturated rings. The number of ether oxygens (including phenoxy) is 2. The maximum Gasteiger partial charge on any atom is 0.261 e. The normalized spacial score (nSPS) is 12.7. The number of hydrogen-bond donors (Lipinski definition) is 1. The number of nitrogens with zero attached hydrogens (tertiary/aromatic N) is 1. The lowest BCUT2D eigenvalue weighted by Crippen LogP contribution is -2.32. The van der Waals surface area contributed by atoms with Gasteiger partial charge in [0.05, 0.1) is 25.3 Å². The first-order valence-corrected chi connectivity index (χ1v) is 9.38. The molecule has 1 N–H and O–H groups in total. The van der Waals surface area contributed by atoms with Gasteiger partial charge in [-0.3, -0.25) is 19.3 Å². The lowest BCUT2D eigenvalue weighted by atomic mass is 10.1. The van der Waals surface area contributed by atoms with Gasteiger partial charge in [0, 0.05) is 25.6 Å². The highest BCUT2D eigenvalue weighted by Crippen LogP contribution is 2.24. The van der Waals surface area contributed by atoms with E-state index in [0.29, 0.717) is 35.6 Å². The summed E-state index contributed by atoms with van der Waals surface area (Å²) in [6.45, 7) is 2.42. The summed E-state index contributed by atoms with van der Waals surface area (Å²) in [6.07, 6.45) is 0.616. The molecule has 0 unspecified atom stereocenters. The van der Waals surface area contributed by atoms with Crippen molar-refractivity contribution in [1.29, 1.82) is 0 Å². The van der Waals surface area contributed by atoms with Gasteiger partial charge in [-0.25, -0.2) is 0 Å². The Kier molecular flexibility index (Phi) is 6.16. The van der Waals surface area contributed by atoms with E-state index < -0.39 is 0 Å². The van der Waals surface area contributed by atoms with Crippen LogP contribution < -0.4 is 14.8 Å². The molecule has 0 saturated carbocycles. The molecule has 1 aliphatic heterocycles. The summed E-state index contributed by atoms with van der Waals surface area (Å²) in [4.78, 5) is 38.2. The van der Waals surface area contributed by atoms with E-state index in [4.69, 9.17) is 9.47 Å². The largest absolute Gasteiger partial charge is 0.497 e. The van der Waals surface area contributed by atoms with Crippen molar-refractivity contribution in [2.75, 3.05) is 20.8 Å². The van der Waals surface area contributed by atoms with Crippen LogP contribution in [0.25, 0.3) is 0 Å². The van der Waals surface area contributed by atoms with E-state index in [9.17, 15) is 14.4 Å². The van der Waals surface area contributed by atoms with Crippen molar-refractivity contribution in [2.24, 2.45) is 0 Å². The second-order valence-corrected chi connectivity index (χ2v) is 6.91. The van der Waals surface area contributed by atoms with Crippen LogP contribution in [0.5, 0.6) is 11.5 Å². The van der Waals surface area contributed by atoms with Gasteiger partial charge in [0.15, 0.2) is 0 Å². The summed E-state index contributed by atoms with van der Waals surface area (Å²) in [5, 5.41) is 2.84. The molecule has 0 aromatic heterocycles. The van der Waals surface area contributed by atoms with Gasteiger partial charge in [0.25, 0.3) is 11.8 Å². The predicted octanol–water partition coefficient (Wildman–Crippen LogP) is 2.70.